The van der Waals surface area contributed by atoms with Crippen molar-refractivity contribution in [3.8, 4) is 0 Å². The maximum absolute atomic E-state index is 13.0. The molecule has 0 aromatic carbocycles. The van der Waals surface area contributed by atoms with Crippen LogP contribution in [0.25, 0.3) is 0 Å². The predicted octanol–water partition coefficient (Wildman–Crippen LogP) is 0.910. The minimum absolute atomic E-state index is 0. The molecule has 0 heterocycles. The van der Waals surface area contributed by atoms with E-state index in [2.05, 4.69) is 0 Å². The number of hydrogen-bond acceptors (Lipinski definition) is 3. The molecule has 0 spiro atoms. The van der Waals surface area contributed by atoms with E-state index >= 15 is 0 Å². The molecule has 0 amide bonds. The van der Waals surface area contributed by atoms with Crippen LogP contribution in [0.2, 0.25) is 0 Å². The van der Waals surface area contributed by atoms with Gasteiger partial charge in [-0.3, -0.25) is 0 Å². The second kappa shape index (κ2) is 7.30. The molecule has 0 aromatic heterocycles. The predicted molar refractivity (Wildman–Crippen MR) is 50.3 cm³/mol. The molecule has 0 aliphatic heterocycles. The quantitative estimate of drug-likeness (QED) is 0.301. The van der Waals surface area contributed by atoms with Gasteiger partial charge in [-0.15, -0.1) is 0 Å². The minimum atomic E-state index is -8.56. The number of hydrogen-bond donors (Lipinski definition) is 0. The molecule has 0 fully saturated rings. The molecule has 3 nitrogen and oxygen atoms in total. The first-order valence-corrected chi connectivity index (χ1v) is 6.88. The monoisotopic (exact) mass is 470 g/mol. The van der Waals surface area contributed by atoms with E-state index < -0.39 is 57.6 Å². The summed E-state index contributed by atoms with van der Waals surface area (Å²) in [6.45, 7) is -3.92. The fraction of sp³-hybridized carbons (Fsp3) is 1.00. The summed E-state index contributed by atoms with van der Waals surface area (Å²) >= 11 is 0. The summed E-state index contributed by atoms with van der Waals surface area (Å²) in [5, 5.41) is -7.79. The third kappa shape index (κ3) is 3.55. The Morgan fingerprint density at radius 1 is 0.571 bits per heavy atom. The van der Waals surface area contributed by atoms with E-state index in [0.29, 0.717) is 0 Å². The van der Waals surface area contributed by atoms with Crippen LogP contribution >= 0.6 is 0 Å². The van der Waals surface area contributed by atoms with Gasteiger partial charge >= 0.3 is 59.7 Å². The van der Waals surface area contributed by atoms with E-state index in [1.54, 1.807) is 0 Å². The van der Waals surface area contributed by atoms with Crippen LogP contribution in [0.4, 0.5) is 65.9 Å². The SMILES string of the molecule is O=S(=O)([O-])C(F)(F)C(F)(F)C(F)(F)C(F)(F)C(F)(F)C(F)(F)C(F)(F)CF.[Li+]. The molecule has 164 valence electrons. The Morgan fingerprint density at radius 2 is 0.821 bits per heavy atom. The van der Waals surface area contributed by atoms with Crippen LogP contribution in [0, 0.1) is 0 Å². The van der Waals surface area contributed by atoms with Crippen molar-refractivity contribution in [1.29, 1.82) is 0 Å². The van der Waals surface area contributed by atoms with Gasteiger partial charge in [0.2, 0.25) is 0 Å². The molecular weight excluding hydrogens is 468 g/mol. The molecule has 0 aromatic rings. The first-order valence-electron chi connectivity index (χ1n) is 5.47. The Bertz CT molecular complexity index is 673. The van der Waals surface area contributed by atoms with Crippen LogP contribution in [0.3, 0.4) is 0 Å². The van der Waals surface area contributed by atoms with Gasteiger partial charge < -0.3 is 4.55 Å². The van der Waals surface area contributed by atoms with Gasteiger partial charge in [-0.2, -0.15) is 61.5 Å². The number of halogens is 15. The number of rotatable bonds is 8. The molecule has 0 unspecified atom stereocenters. The average Bonchev–Trinajstić information content (AvgIpc) is 2.44. The van der Waals surface area contributed by atoms with Crippen molar-refractivity contribution in [3.63, 3.8) is 0 Å². The summed E-state index contributed by atoms with van der Waals surface area (Å²) in [6.07, 6.45) is 0. The van der Waals surface area contributed by atoms with Crippen molar-refractivity contribution in [2.24, 2.45) is 0 Å². The van der Waals surface area contributed by atoms with Crippen LogP contribution in [0.15, 0.2) is 0 Å². The molecule has 0 rings (SSSR count). The standard InChI is InChI=1S/C8H3F15O3S.Li/c9-1-2(10,11)3(12,13)4(14,15)5(16,17)6(18,19)7(20,21)8(22,23)27(24,25)26;/h1H2,(H,24,25,26);/q;+1/p-1. The fourth-order valence-electron chi connectivity index (χ4n) is 1.24. The van der Waals surface area contributed by atoms with E-state index in [1.165, 1.54) is 0 Å². The van der Waals surface area contributed by atoms with Crippen molar-refractivity contribution < 1.29 is 97.7 Å². The molecule has 20 heteroatoms. The summed E-state index contributed by atoms with van der Waals surface area (Å²) in [4.78, 5) is 0. The van der Waals surface area contributed by atoms with Crippen LogP contribution < -0.4 is 18.9 Å². The van der Waals surface area contributed by atoms with Crippen molar-refractivity contribution in [2.45, 2.75) is 40.8 Å². The van der Waals surface area contributed by atoms with Gasteiger partial charge in [0.25, 0.3) is 0 Å². The summed E-state index contributed by atoms with van der Waals surface area (Å²) in [5.41, 5.74) is 0. The Balaban J connectivity index is 0. The zero-order valence-corrected chi connectivity index (χ0v) is 13.3. The zero-order chi connectivity index (χ0) is 22.7. The van der Waals surface area contributed by atoms with Crippen LogP contribution in [0.5, 0.6) is 0 Å². The molecule has 0 atom stereocenters. The maximum Gasteiger partial charge on any atom is 1.00 e. The smallest absolute Gasteiger partial charge is 0.743 e. The Kier molecular flexibility index (Phi) is 7.73. The molecule has 0 aliphatic rings. The van der Waals surface area contributed by atoms with Crippen molar-refractivity contribution in [2.75, 3.05) is 6.67 Å². The van der Waals surface area contributed by atoms with Crippen LogP contribution in [-0.2, 0) is 10.1 Å². The van der Waals surface area contributed by atoms with E-state index in [9.17, 15) is 78.8 Å². The van der Waals surface area contributed by atoms with Gasteiger partial charge in [0, 0.05) is 0 Å². The molecule has 0 saturated carbocycles. The van der Waals surface area contributed by atoms with Gasteiger partial charge in [0.1, 0.15) is 0 Å². The molecular formula is C8H2F15LiO3S. The van der Waals surface area contributed by atoms with E-state index in [0.717, 1.165) is 0 Å². The van der Waals surface area contributed by atoms with Gasteiger partial charge in [-0.1, -0.05) is 0 Å². The average molecular weight is 470 g/mol. The second-order valence-corrected chi connectivity index (χ2v) is 6.10. The minimum Gasteiger partial charge on any atom is -0.743 e. The second-order valence-electron chi connectivity index (χ2n) is 4.68. The normalized spacial score (nSPS) is 16.0. The van der Waals surface area contributed by atoms with Crippen molar-refractivity contribution in [1.82, 2.24) is 0 Å². The summed E-state index contributed by atoms with van der Waals surface area (Å²) < 4.78 is 220. The summed E-state index contributed by atoms with van der Waals surface area (Å²) in [5.74, 6) is -48.5. The van der Waals surface area contributed by atoms with Crippen LogP contribution in [0.1, 0.15) is 0 Å². The molecule has 0 radical (unpaired) electrons. The Morgan fingerprint density at radius 3 is 1.07 bits per heavy atom. The first kappa shape index (κ1) is 29.7. The molecule has 0 N–H and O–H groups in total. The molecule has 28 heavy (non-hydrogen) atoms. The first-order chi connectivity index (χ1) is 11.3. The molecule has 0 bridgehead atoms. The van der Waals surface area contributed by atoms with Gasteiger partial charge in [0.15, 0.2) is 16.8 Å². The Labute approximate surface area is 156 Å². The Hall–Kier alpha value is -0.543. The van der Waals surface area contributed by atoms with Crippen molar-refractivity contribution in [3.05, 3.63) is 0 Å². The molecule has 0 saturated heterocycles. The maximum atomic E-state index is 13.0. The van der Waals surface area contributed by atoms with E-state index in [4.69, 9.17) is 0 Å². The van der Waals surface area contributed by atoms with Gasteiger partial charge in [-0.05, 0) is 0 Å². The third-order valence-corrected chi connectivity index (χ3v) is 3.77. The van der Waals surface area contributed by atoms with E-state index in [-0.39, 0.29) is 18.9 Å². The molecule has 0 aliphatic carbocycles. The largest absolute Gasteiger partial charge is 1.00 e. The van der Waals surface area contributed by atoms with Crippen LogP contribution in [-0.4, -0.2) is 60.4 Å². The van der Waals surface area contributed by atoms with Crippen molar-refractivity contribution >= 4 is 10.1 Å². The summed E-state index contributed by atoms with van der Waals surface area (Å²) in [6, 6.07) is 0. The van der Waals surface area contributed by atoms with E-state index in [1.807, 2.05) is 0 Å². The van der Waals surface area contributed by atoms with Gasteiger partial charge in [-0.25, -0.2) is 12.8 Å². The fourth-order valence-corrected chi connectivity index (χ4v) is 1.69. The topological polar surface area (TPSA) is 57.2 Å². The van der Waals surface area contributed by atoms with Gasteiger partial charge in [0.05, 0.1) is 0 Å². The summed E-state index contributed by atoms with van der Waals surface area (Å²) in [7, 11) is -8.00. The number of alkyl halides is 15. The third-order valence-electron chi connectivity index (χ3n) is 2.88. The zero-order valence-electron chi connectivity index (χ0n) is 12.5.